The lowest BCUT2D eigenvalue weighted by Gasteiger charge is -2.45. The number of halogens is 4. The zero-order valence-electron chi connectivity index (χ0n) is 22.4. The first kappa shape index (κ1) is 27.7. The number of para-hydroxylation sites is 1. The Kier molecular flexibility index (Phi) is 6.68. The molecule has 0 radical (unpaired) electrons. The third-order valence-corrected chi connectivity index (χ3v) is 8.35. The summed E-state index contributed by atoms with van der Waals surface area (Å²) in [4.78, 5) is 31.7. The number of fused-ring (bicyclic) bond motifs is 6. The third-order valence-electron chi connectivity index (χ3n) is 7.36. The number of carbonyl (C=O) groups is 1. The normalized spacial score (nSPS) is 20.7. The third kappa shape index (κ3) is 4.37. The van der Waals surface area contributed by atoms with Crippen molar-refractivity contribution in [1.29, 1.82) is 0 Å². The molecule has 0 N–H and O–H groups in total. The van der Waals surface area contributed by atoms with E-state index in [0.29, 0.717) is 31.8 Å². The lowest BCUT2D eigenvalue weighted by Crippen LogP contribution is -2.58. The molecule has 7 nitrogen and oxygen atoms in total. The molecule has 1 aromatic heterocycles. The fourth-order valence-corrected chi connectivity index (χ4v) is 6.64. The van der Waals surface area contributed by atoms with E-state index in [0.717, 1.165) is 11.3 Å². The van der Waals surface area contributed by atoms with Crippen molar-refractivity contribution < 1.29 is 36.6 Å². The van der Waals surface area contributed by atoms with Gasteiger partial charge in [-0.05, 0) is 43.7 Å². The molecule has 216 valence electrons. The Balaban J connectivity index is 1.43. The van der Waals surface area contributed by atoms with Crippen LogP contribution in [-0.2, 0) is 11.4 Å². The van der Waals surface area contributed by atoms with Crippen molar-refractivity contribution in [1.82, 2.24) is 4.57 Å². The number of methoxy groups -OCH3 is 1. The van der Waals surface area contributed by atoms with Gasteiger partial charge in [-0.3, -0.25) is 14.2 Å². The first-order valence-corrected chi connectivity index (χ1v) is 13.6. The molecular weight excluding hydrogens is 576 g/mol. The molecule has 3 unspecified atom stereocenters. The van der Waals surface area contributed by atoms with E-state index in [2.05, 4.69) is 0 Å². The van der Waals surface area contributed by atoms with Crippen LogP contribution in [0.3, 0.4) is 0 Å². The van der Waals surface area contributed by atoms with Crippen LogP contribution in [0.25, 0.3) is 6.08 Å². The number of carbonyl (C=O) groups excluding carboxylic acids is 1. The van der Waals surface area contributed by atoms with E-state index in [1.807, 2.05) is 12.1 Å². The van der Waals surface area contributed by atoms with Crippen molar-refractivity contribution in [3.05, 3.63) is 108 Å². The number of Topliss-reactive ketones (excluding diaryl/α,β-unsaturated/α-hetero) is 1. The SMILES string of the molecule is COc1ccc(C=c2sc3n(c2=O)C2c4ccccc4OC(C)(N=3)C2C(C)=O)cc1COc1c(F)c(F)cc(F)c1F. The highest BCUT2D eigenvalue weighted by Crippen LogP contribution is 2.47. The summed E-state index contributed by atoms with van der Waals surface area (Å²) in [6.07, 6.45) is 1.60. The molecule has 3 atom stereocenters. The van der Waals surface area contributed by atoms with Crippen LogP contribution in [0, 0.1) is 29.2 Å². The number of rotatable bonds is 6. The molecule has 0 saturated heterocycles. The van der Waals surface area contributed by atoms with Crippen molar-refractivity contribution in [3.8, 4) is 17.2 Å². The number of hydrogen-bond donors (Lipinski definition) is 0. The number of ether oxygens (including phenoxy) is 3. The average Bonchev–Trinajstić information content (AvgIpc) is 3.24. The zero-order chi connectivity index (χ0) is 29.9. The maximum atomic E-state index is 14.1. The number of thiazole rings is 1. The lowest BCUT2D eigenvalue weighted by molar-refractivity contribution is -0.132. The summed E-state index contributed by atoms with van der Waals surface area (Å²) in [6.45, 7) is 2.69. The Bertz CT molecular complexity index is 1930. The van der Waals surface area contributed by atoms with Crippen LogP contribution in [0.1, 0.15) is 36.6 Å². The van der Waals surface area contributed by atoms with Gasteiger partial charge in [0.05, 0.1) is 17.7 Å². The van der Waals surface area contributed by atoms with E-state index in [-0.39, 0.29) is 23.2 Å². The van der Waals surface area contributed by atoms with Gasteiger partial charge in [0.15, 0.2) is 22.2 Å². The maximum Gasteiger partial charge on any atom is 0.270 e. The van der Waals surface area contributed by atoms with E-state index in [9.17, 15) is 27.2 Å². The van der Waals surface area contributed by atoms with Gasteiger partial charge in [-0.2, -0.15) is 8.78 Å². The van der Waals surface area contributed by atoms with Crippen LogP contribution in [-0.4, -0.2) is 23.2 Å². The molecule has 12 heteroatoms. The largest absolute Gasteiger partial charge is 0.496 e. The summed E-state index contributed by atoms with van der Waals surface area (Å²) in [7, 11) is 1.37. The first-order valence-electron chi connectivity index (χ1n) is 12.8. The van der Waals surface area contributed by atoms with Crippen molar-refractivity contribution in [2.75, 3.05) is 7.11 Å². The van der Waals surface area contributed by atoms with Crippen LogP contribution >= 0.6 is 11.3 Å². The summed E-state index contributed by atoms with van der Waals surface area (Å²) in [5.74, 6) is -7.77. The molecule has 2 aliphatic rings. The number of nitrogens with zero attached hydrogens (tertiary/aromatic N) is 2. The monoisotopic (exact) mass is 598 g/mol. The molecule has 0 spiro atoms. The number of benzene rings is 3. The van der Waals surface area contributed by atoms with E-state index in [4.69, 9.17) is 19.2 Å². The summed E-state index contributed by atoms with van der Waals surface area (Å²) in [5, 5.41) is 0. The molecule has 2 aliphatic heterocycles. The number of aromatic nitrogens is 1. The molecule has 0 fully saturated rings. The molecule has 0 aliphatic carbocycles. The minimum atomic E-state index is -1.66. The average molecular weight is 599 g/mol. The second kappa shape index (κ2) is 10.1. The Morgan fingerprint density at radius 3 is 2.52 bits per heavy atom. The predicted octanol–water partition coefficient (Wildman–Crippen LogP) is 4.42. The minimum absolute atomic E-state index is 0.0939. The highest BCUT2D eigenvalue weighted by Gasteiger charge is 2.53. The molecular formula is C30H22F4N2O5S. The van der Waals surface area contributed by atoms with Crippen molar-refractivity contribution >= 4 is 23.2 Å². The summed E-state index contributed by atoms with van der Waals surface area (Å²) in [5.41, 5.74) is -0.0591. The van der Waals surface area contributed by atoms with Crippen molar-refractivity contribution in [2.45, 2.75) is 32.2 Å². The molecule has 0 saturated carbocycles. The second-order valence-corrected chi connectivity index (χ2v) is 11.1. The fourth-order valence-electron chi connectivity index (χ4n) is 5.54. The highest BCUT2D eigenvalue weighted by molar-refractivity contribution is 7.07. The maximum absolute atomic E-state index is 14.1. The molecule has 3 aromatic carbocycles. The molecule has 3 heterocycles. The van der Waals surface area contributed by atoms with Gasteiger partial charge in [0, 0.05) is 17.2 Å². The Morgan fingerprint density at radius 1 is 1.12 bits per heavy atom. The fraction of sp³-hybridized carbons (Fsp3) is 0.233. The standard InChI is InChI=1S/C30H22F4N2O5S/c1-14(37)23-26-17-6-4-5-7-21(17)41-30(23,2)35-29-36(26)28(38)22(42-29)11-15-8-9-20(39-3)16(10-15)13-40-27-24(33)18(31)12-19(32)25(27)34/h4-12,23,26H,13H2,1-3H3. The highest BCUT2D eigenvalue weighted by atomic mass is 32.1. The lowest BCUT2D eigenvalue weighted by atomic mass is 9.79. The zero-order valence-corrected chi connectivity index (χ0v) is 23.2. The Hall–Kier alpha value is -4.45. The van der Waals surface area contributed by atoms with Gasteiger partial charge in [-0.1, -0.05) is 35.6 Å². The quantitative estimate of drug-likeness (QED) is 0.243. The molecule has 6 rings (SSSR count). The molecule has 4 aromatic rings. The van der Waals surface area contributed by atoms with Crippen molar-refractivity contribution in [3.63, 3.8) is 0 Å². The topological polar surface area (TPSA) is 79.1 Å². The summed E-state index contributed by atoms with van der Waals surface area (Å²) < 4.78 is 74.0. The van der Waals surface area contributed by atoms with Crippen LogP contribution in [0.2, 0.25) is 0 Å². The molecule has 42 heavy (non-hydrogen) atoms. The van der Waals surface area contributed by atoms with Gasteiger partial charge in [0.2, 0.25) is 17.4 Å². The summed E-state index contributed by atoms with van der Waals surface area (Å²) >= 11 is 1.13. The minimum Gasteiger partial charge on any atom is -0.496 e. The Morgan fingerprint density at radius 2 is 1.83 bits per heavy atom. The van der Waals surface area contributed by atoms with Gasteiger partial charge in [0.25, 0.3) is 5.56 Å². The van der Waals surface area contributed by atoms with Crippen LogP contribution < -0.4 is 29.1 Å². The first-order chi connectivity index (χ1) is 20.0. The molecule has 2 bridgehead atoms. The van der Waals surface area contributed by atoms with Crippen molar-refractivity contribution in [2.24, 2.45) is 10.9 Å². The van der Waals surface area contributed by atoms with Gasteiger partial charge in [0.1, 0.15) is 29.8 Å². The van der Waals surface area contributed by atoms with Gasteiger partial charge < -0.3 is 14.2 Å². The van der Waals surface area contributed by atoms with Gasteiger partial charge >= 0.3 is 0 Å². The number of hydrogen-bond acceptors (Lipinski definition) is 7. The van der Waals surface area contributed by atoms with E-state index in [1.165, 1.54) is 18.6 Å². The van der Waals surface area contributed by atoms with E-state index >= 15 is 0 Å². The second-order valence-electron chi connectivity index (χ2n) is 10.1. The summed E-state index contributed by atoms with van der Waals surface area (Å²) in [6, 6.07) is 11.5. The van der Waals surface area contributed by atoms with E-state index in [1.54, 1.807) is 43.3 Å². The molecule has 0 amide bonds. The number of ketones is 1. The van der Waals surface area contributed by atoms with E-state index < -0.39 is 53.3 Å². The predicted molar refractivity (Wildman–Crippen MR) is 144 cm³/mol. The van der Waals surface area contributed by atoms with Gasteiger partial charge in [-0.15, -0.1) is 0 Å². The van der Waals surface area contributed by atoms with Gasteiger partial charge in [-0.25, -0.2) is 13.8 Å². The smallest absolute Gasteiger partial charge is 0.270 e. The van der Waals surface area contributed by atoms with Crippen LogP contribution in [0.5, 0.6) is 17.2 Å². The van der Waals surface area contributed by atoms with Crippen LogP contribution in [0.15, 0.2) is 58.3 Å². The van der Waals surface area contributed by atoms with Crippen LogP contribution in [0.4, 0.5) is 17.6 Å². The Labute approximate surface area is 239 Å².